The van der Waals surface area contributed by atoms with Gasteiger partial charge in [0.15, 0.2) is 0 Å². The van der Waals surface area contributed by atoms with Crippen LogP contribution in [0.5, 0.6) is 0 Å². The lowest BCUT2D eigenvalue weighted by atomic mass is 10.1. The smallest absolute Gasteiger partial charge is 0.307 e. The summed E-state index contributed by atoms with van der Waals surface area (Å²) in [6.45, 7) is 1.81. The van der Waals surface area contributed by atoms with Crippen LogP contribution in [0.25, 0.3) is 5.52 Å². The first-order valence-corrected chi connectivity index (χ1v) is 11.5. The highest BCUT2D eigenvalue weighted by Crippen LogP contribution is 2.29. The first kappa shape index (κ1) is 21.7. The molecule has 1 N–H and O–H groups in total. The molecule has 0 aliphatic heterocycles. The number of nitriles is 1. The third kappa shape index (κ3) is 3.66. The highest BCUT2D eigenvalue weighted by atomic mass is 35.5. The number of fused-ring (bicyclic) bond motifs is 1. The molecule has 0 radical (unpaired) electrons. The first-order valence-electron chi connectivity index (χ1n) is 9.64. The number of benzene rings is 1. The summed E-state index contributed by atoms with van der Waals surface area (Å²) in [5.74, 6) is -0.971. The number of aromatic nitrogens is 2. The molecule has 0 amide bonds. The summed E-state index contributed by atoms with van der Waals surface area (Å²) in [5.41, 5.74) is 3.65. The number of pyridine rings is 1. The monoisotopic (exact) mass is 467 g/mol. The second-order valence-electron chi connectivity index (χ2n) is 7.31. The number of carboxylic acid groups (broad SMARTS) is 1. The van der Waals surface area contributed by atoms with Gasteiger partial charge in [0.25, 0.3) is 10.0 Å². The van der Waals surface area contributed by atoms with Gasteiger partial charge in [0.2, 0.25) is 0 Å². The number of nitrogens with zero attached hydrogens (tertiary/aromatic N) is 3. The summed E-state index contributed by atoms with van der Waals surface area (Å²) in [5, 5.41) is 18.8. The van der Waals surface area contributed by atoms with Gasteiger partial charge < -0.3 is 9.51 Å². The highest BCUT2D eigenvalue weighted by molar-refractivity contribution is 7.90. The van der Waals surface area contributed by atoms with E-state index in [2.05, 4.69) is 6.07 Å². The fraction of sp³-hybridized carbons (Fsp3) is 0.130. The van der Waals surface area contributed by atoms with Crippen LogP contribution < -0.4 is 0 Å². The van der Waals surface area contributed by atoms with Gasteiger partial charge in [0.05, 0.1) is 17.0 Å². The van der Waals surface area contributed by atoms with E-state index in [0.29, 0.717) is 28.0 Å². The minimum atomic E-state index is -3.94. The summed E-state index contributed by atoms with van der Waals surface area (Å²) in [4.78, 5) is 11.4. The summed E-state index contributed by atoms with van der Waals surface area (Å²) >= 11 is 6.14. The third-order valence-electron chi connectivity index (χ3n) is 5.41. The Bertz CT molecular complexity index is 1510. The molecular weight excluding hydrogens is 450 g/mol. The lowest BCUT2D eigenvalue weighted by molar-refractivity contribution is -0.136. The number of hydrogen-bond donors (Lipinski definition) is 1. The van der Waals surface area contributed by atoms with E-state index in [1.54, 1.807) is 47.0 Å². The van der Waals surface area contributed by atoms with Crippen molar-refractivity contribution in [3.63, 3.8) is 0 Å². The van der Waals surface area contributed by atoms with Crippen molar-refractivity contribution in [2.24, 2.45) is 0 Å². The van der Waals surface area contributed by atoms with E-state index < -0.39 is 16.0 Å². The number of aliphatic carboxylic acids is 1. The Morgan fingerprint density at radius 1 is 1.16 bits per heavy atom. The van der Waals surface area contributed by atoms with E-state index in [1.165, 1.54) is 22.3 Å². The number of carboxylic acids is 1. The van der Waals surface area contributed by atoms with Crippen molar-refractivity contribution in [1.82, 2.24) is 8.37 Å². The Kier molecular flexibility index (Phi) is 5.55. The molecule has 32 heavy (non-hydrogen) atoms. The van der Waals surface area contributed by atoms with Gasteiger partial charge in [-0.2, -0.15) is 5.26 Å². The zero-order valence-corrected chi connectivity index (χ0v) is 18.6. The molecule has 9 heteroatoms. The Morgan fingerprint density at radius 3 is 2.59 bits per heavy atom. The average molecular weight is 468 g/mol. The van der Waals surface area contributed by atoms with Crippen molar-refractivity contribution in [2.45, 2.75) is 24.7 Å². The second-order valence-corrected chi connectivity index (χ2v) is 9.50. The van der Waals surface area contributed by atoms with Crippen LogP contribution in [0.2, 0.25) is 5.02 Å². The molecule has 0 unspecified atom stereocenters. The number of carbonyl (C=O) groups is 1. The summed E-state index contributed by atoms with van der Waals surface area (Å²) < 4.78 is 29.5. The fourth-order valence-corrected chi connectivity index (χ4v) is 5.75. The maximum atomic E-state index is 13.3. The standard InChI is InChI=1S/C23H18ClN3O4S/c1-15-18(12-23(28)29)20-9-8-16(13-25)14-26(20)21(15)11-17-5-4-10-27(17)32(30,31)22-7-3-2-6-19(22)24/h2-10,14H,11-12H2,1H3,(H,28,29). The van der Waals surface area contributed by atoms with Crippen molar-refractivity contribution in [2.75, 3.05) is 0 Å². The molecular formula is C23H18ClN3O4S. The van der Waals surface area contributed by atoms with Gasteiger partial charge >= 0.3 is 5.97 Å². The van der Waals surface area contributed by atoms with Gasteiger partial charge in [-0.05, 0) is 54.4 Å². The first-order chi connectivity index (χ1) is 15.2. The van der Waals surface area contributed by atoms with Gasteiger partial charge in [-0.1, -0.05) is 23.7 Å². The molecule has 0 spiro atoms. The fourth-order valence-electron chi connectivity index (χ4n) is 3.88. The SMILES string of the molecule is Cc1c(CC(=O)O)c2ccc(C#N)cn2c1Cc1cccn1S(=O)(=O)c1ccccc1Cl. The molecule has 0 aliphatic rings. The Hall–Kier alpha value is -3.54. The minimum Gasteiger partial charge on any atom is -0.481 e. The van der Waals surface area contributed by atoms with Gasteiger partial charge in [-0.3, -0.25) is 4.79 Å². The van der Waals surface area contributed by atoms with Crippen LogP contribution in [0.15, 0.2) is 65.8 Å². The summed E-state index contributed by atoms with van der Waals surface area (Å²) in [6.07, 6.45) is 3.12. The molecule has 1 aromatic carbocycles. The quantitative estimate of drug-likeness (QED) is 0.461. The second kappa shape index (κ2) is 8.19. The van der Waals surface area contributed by atoms with Crippen LogP contribution in [0.4, 0.5) is 0 Å². The number of halogens is 1. The predicted molar refractivity (Wildman–Crippen MR) is 119 cm³/mol. The Morgan fingerprint density at radius 2 is 1.91 bits per heavy atom. The number of rotatable bonds is 6. The van der Waals surface area contributed by atoms with E-state index in [0.717, 1.165) is 5.56 Å². The van der Waals surface area contributed by atoms with E-state index in [9.17, 15) is 23.6 Å². The van der Waals surface area contributed by atoms with Crippen LogP contribution in [0, 0.1) is 18.3 Å². The van der Waals surface area contributed by atoms with Crippen LogP contribution in [0.1, 0.15) is 28.1 Å². The molecule has 0 fully saturated rings. The van der Waals surface area contributed by atoms with Crippen LogP contribution in [0.3, 0.4) is 0 Å². The van der Waals surface area contributed by atoms with Crippen molar-refractivity contribution in [3.05, 3.63) is 94.0 Å². The van der Waals surface area contributed by atoms with Gasteiger partial charge in [-0.25, -0.2) is 12.4 Å². The van der Waals surface area contributed by atoms with Crippen LogP contribution >= 0.6 is 11.6 Å². The molecule has 3 aromatic heterocycles. The van der Waals surface area contributed by atoms with E-state index in [4.69, 9.17) is 11.6 Å². The molecule has 3 heterocycles. The molecule has 0 saturated heterocycles. The molecule has 0 saturated carbocycles. The lowest BCUT2D eigenvalue weighted by Crippen LogP contribution is -2.16. The molecule has 0 bridgehead atoms. The molecule has 4 aromatic rings. The minimum absolute atomic E-state index is 0.00538. The largest absolute Gasteiger partial charge is 0.481 e. The molecule has 4 rings (SSSR count). The van der Waals surface area contributed by atoms with Crippen molar-refractivity contribution < 1.29 is 18.3 Å². The maximum absolute atomic E-state index is 13.3. The van der Waals surface area contributed by atoms with Crippen molar-refractivity contribution >= 4 is 33.1 Å². The van der Waals surface area contributed by atoms with Gasteiger partial charge in [0.1, 0.15) is 11.0 Å². The van der Waals surface area contributed by atoms with E-state index >= 15 is 0 Å². The number of hydrogen-bond acceptors (Lipinski definition) is 4. The predicted octanol–water partition coefficient (Wildman–Crippen LogP) is 4.03. The van der Waals surface area contributed by atoms with E-state index in [-0.39, 0.29) is 22.8 Å². The lowest BCUT2D eigenvalue weighted by Gasteiger charge is -2.12. The van der Waals surface area contributed by atoms with Crippen molar-refractivity contribution in [3.8, 4) is 6.07 Å². The van der Waals surface area contributed by atoms with Gasteiger partial charge in [0, 0.05) is 35.7 Å². The van der Waals surface area contributed by atoms with Crippen LogP contribution in [-0.4, -0.2) is 27.9 Å². The molecule has 0 aliphatic carbocycles. The average Bonchev–Trinajstić information content (AvgIpc) is 3.33. The summed E-state index contributed by atoms with van der Waals surface area (Å²) in [6, 6.07) is 15.0. The Balaban J connectivity index is 1.87. The maximum Gasteiger partial charge on any atom is 0.307 e. The third-order valence-corrected chi connectivity index (χ3v) is 7.63. The van der Waals surface area contributed by atoms with Crippen molar-refractivity contribution in [1.29, 1.82) is 5.26 Å². The van der Waals surface area contributed by atoms with E-state index in [1.807, 2.05) is 6.92 Å². The molecule has 7 nitrogen and oxygen atoms in total. The topological polar surface area (TPSA) is 105 Å². The van der Waals surface area contributed by atoms with Gasteiger partial charge in [-0.15, -0.1) is 0 Å². The molecule has 0 atom stereocenters. The normalized spacial score (nSPS) is 11.5. The zero-order chi connectivity index (χ0) is 23.0. The summed E-state index contributed by atoms with van der Waals surface area (Å²) in [7, 11) is -3.94. The Labute approximate surface area is 189 Å². The molecule has 162 valence electrons. The zero-order valence-electron chi connectivity index (χ0n) is 17.0. The van der Waals surface area contributed by atoms with Crippen LogP contribution in [-0.2, 0) is 27.7 Å². The highest BCUT2D eigenvalue weighted by Gasteiger charge is 2.24.